The van der Waals surface area contributed by atoms with Crippen LogP contribution in [0.2, 0.25) is 0 Å². The highest BCUT2D eigenvalue weighted by Gasteiger charge is 2.26. The third-order valence-electron chi connectivity index (χ3n) is 4.67. The van der Waals surface area contributed by atoms with Crippen LogP contribution in [0, 0.1) is 5.92 Å². The summed E-state index contributed by atoms with van der Waals surface area (Å²) in [5.74, 6) is -1.27. The minimum atomic E-state index is -0.807. The summed E-state index contributed by atoms with van der Waals surface area (Å²) in [6.45, 7) is 0. The van der Waals surface area contributed by atoms with Crippen molar-refractivity contribution in [1.29, 1.82) is 0 Å². The zero-order valence-electron chi connectivity index (χ0n) is 15.5. The summed E-state index contributed by atoms with van der Waals surface area (Å²) in [5, 5.41) is 16.7. The Morgan fingerprint density at radius 3 is 1.62 bits per heavy atom. The number of azide groups is 2. The molecule has 8 heteroatoms. The number of carboxylic acids is 1. The molecule has 0 bridgehead atoms. The zero-order valence-corrected chi connectivity index (χ0v) is 15.5. The van der Waals surface area contributed by atoms with Gasteiger partial charge in [0.15, 0.2) is 0 Å². The first-order valence-corrected chi connectivity index (χ1v) is 8.99. The third kappa shape index (κ3) is 5.49. The van der Waals surface area contributed by atoms with Crippen molar-refractivity contribution < 1.29 is 9.90 Å². The molecule has 29 heavy (non-hydrogen) atoms. The molecule has 8 nitrogen and oxygen atoms in total. The lowest BCUT2D eigenvalue weighted by molar-refractivity contribution is -0.141. The molecule has 0 saturated heterocycles. The molecule has 0 aromatic heterocycles. The maximum absolute atomic E-state index is 11.6. The summed E-state index contributed by atoms with van der Waals surface area (Å²) in [6.07, 6.45) is 5.68. The van der Waals surface area contributed by atoms with E-state index in [0.29, 0.717) is 30.6 Å². The third-order valence-corrected chi connectivity index (χ3v) is 4.67. The molecule has 0 unspecified atom stereocenters. The Morgan fingerprint density at radius 2 is 1.28 bits per heavy atom. The summed E-state index contributed by atoms with van der Waals surface area (Å²) in [4.78, 5) is 17.2. The highest BCUT2D eigenvalue weighted by molar-refractivity contribution is 5.73. The van der Waals surface area contributed by atoms with Crippen LogP contribution in [0.5, 0.6) is 0 Å². The Morgan fingerprint density at radius 1 is 0.862 bits per heavy atom. The molecular weight excluding hydrogens is 368 g/mol. The fraction of sp³-hybridized carbons (Fsp3) is 0.190. The van der Waals surface area contributed by atoms with Crippen LogP contribution in [-0.2, 0) is 4.79 Å². The van der Waals surface area contributed by atoms with E-state index in [9.17, 15) is 9.90 Å². The van der Waals surface area contributed by atoms with Crippen molar-refractivity contribution in [3.63, 3.8) is 0 Å². The van der Waals surface area contributed by atoms with Crippen LogP contribution < -0.4 is 0 Å². The largest absolute Gasteiger partial charge is 0.481 e. The van der Waals surface area contributed by atoms with Gasteiger partial charge in [0.25, 0.3) is 0 Å². The predicted molar refractivity (Wildman–Crippen MR) is 111 cm³/mol. The maximum Gasteiger partial charge on any atom is 0.307 e. The van der Waals surface area contributed by atoms with Gasteiger partial charge < -0.3 is 5.11 Å². The van der Waals surface area contributed by atoms with Crippen molar-refractivity contribution >= 4 is 29.5 Å². The molecule has 1 saturated carbocycles. The molecule has 2 aromatic carbocycles. The van der Waals surface area contributed by atoms with Crippen LogP contribution in [0.15, 0.2) is 69.9 Å². The molecule has 0 radical (unpaired) electrons. The van der Waals surface area contributed by atoms with Crippen molar-refractivity contribution in [1.82, 2.24) is 0 Å². The Hall–Kier alpha value is -3.99. The number of aliphatic carboxylic acids is 1. The van der Waals surface area contributed by atoms with E-state index >= 15 is 0 Å². The van der Waals surface area contributed by atoms with Gasteiger partial charge >= 0.3 is 5.97 Å². The van der Waals surface area contributed by atoms with Crippen molar-refractivity contribution in [3.8, 4) is 0 Å². The summed E-state index contributed by atoms with van der Waals surface area (Å²) >= 11 is 0. The number of hydrogen-bond donors (Lipinski definition) is 1. The van der Waals surface area contributed by atoms with Gasteiger partial charge in [-0.1, -0.05) is 82.1 Å². The molecule has 0 amide bonds. The average Bonchev–Trinajstić information content (AvgIpc) is 2.71. The highest BCUT2D eigenvalue weighted by atomic mass is 16.4. The van der Waals surface area contributed by atoms with Crippen molar-refractivity contribution in [2.75, 3.05) is 0 Å². The smallest absolute Gasteiger partial charge is 0.307 e. The average molecular weight is 386 g/mol. The van der Waals surface area contributed by atoms with Crippen LogP contribution >= 0.6 is 0 Å². The first-order valence-electron chi connectivity index (χ1n) is 8.99. The SMILES string of the molecule is [N-]=[N+]=Nc1ccc(C=C2CC(=Cc3ccc(N=[N+]=[N-])cc3)CC(C(=O)O)C2)cc1. The van der Waals surface area contributed by atoms with E-state index in [-0.39, 0.29) is 0 Å². The van der Waals surface area contributed by atoms with Crippen LogP contribution in [0.4, 0.5) is 11.4 Å². The van der Waals surface area contributed by atoms with Crippen molar-refractivity contribution in [2.45, 2.75) is 19.3 Å². The van der Waals surface area contributed by atoms with E-state index in [1.165, 1.54) is 0 Å². The van der Waals surface area contributed by atoms with E-state index in [1.807, 2.05) is 36.4 Å². The molecule has 3 rings (SSSR count). The lowest BCUT2D eigenvalue weighted by Gasteiger charge is -2.24. The molecule has 0 atom stereocenters. The second-order valence-electron chi connectivity index (χ2n) is 6.79. The Bertz CT molecular complexity index is 978. The normalized spacial score (nSPS) is 18.7. The summed E-state index contributed by atoms with van der Waals surface area (Å²) in [5.41, 5.74) is 22.0. The summed E-state index contributed by atoms with van der Waals surface area (Å²) in [6, 6.07) is 14.3. The van der Waals surface area contributed by atoms with E-state index in [4.69, 9.17) is 11.1 Å². The highest BCUT2D eigenvalue weighted by Crippen LogP contribution is 2.35. The van der Waals surface area contributed by atoms with Gasteiger partial charge in [0, 0.05) is 21.2 Å². The van der Waals surface area contributed by atoms with Crippen LogP contribution in [0.25, 0.3) is 33.0 Å². The number of benzene rings is 2. The minimum Gasteiger partial charge on any atom is -0.481 e. The Kier molecular flexibility index (Phi) is 6.32. The number of hydrogen-bond acceptors (Lipinski definition) is 3. The van der Waals surface area contributed by atoms with E-state index in [0.717, 1.165) is 22.3 Å². The molecule has 0 heterocycles. The molecule has 1 aliphatic rings. The lowest BCUT2D eigenvalue weighted by Crippen LogP contribution is -2.19. The fourth-order valence-electron chi connectivity index (χ4n) is 3.38. The number of rotatable bonds is 5. The van der Waals surface area contributed by atoms with E-state index in [2.05, 4.69) is 20.1 Å². The molecule has 1 fully saturated rings. The first-order chi connectivity index (χ1) is 14.1. The lowest BCUT2D eigenvalue weighted by atomic mass is 9.81. The topological polar surface area (TPSA) is 135 Å². The van der Waals surface area contributed by atoms with Gasteiger partial charge in [-0.2, -0.15) is 0 Å². The second kappa shape index (κ2) is 9.28. The number of carboxylic acid groups (broad SMARTS) is 1. The standard InChI is InChI=1S/C21H18N6O2/c22-26-24-19-5-1-14(2-6-19)9-16-11-17(13-18(12-16)21(28)29)10-15-3-7-20(8-4-15)25-27-23/h1-10,18H,11-13H2,(H,28,29). The number of carbonyl (C=O) groups is 1. The molecule has 1 aliphatic carbocycles. The molecular formula is C21H18N6O2. The van der Waals surface area contributed by atoms with Gasteiger partial charge in [0.2, 0.25) is 0 Å². The Balaban J connectivity index is 1.85. The fourth-order valence-corrected chi connectivity index (χ4v) is 3.38. The van der Waals surface area contributed by atoms with Crippen LogP contribution in [-0.4, -0.2) is 11.1 Å². The Labute approximate surface area is 167 Å². The molecule has 0 aliphatic heterocycles. The van der Waals surface area contributed by atoms with Crippen LogP contribution in [0.3, 0.4) is 0 Å². The van der Waals surface area contributed by atoms with Gasteiger partial charge in [-0.15, -0.1) is 0 Å². The van der Waals surface area contributed by atoms with Gasteiger partial charge in [-0.25, -0.2) is 0 Å². The summed E-state index contributed by atoms with van der Waals surface area (Å²) < 4.78 is 0. The number of nitrogens with zero attached hydrogens (tertiary/aromatic N) is 6. The van der Waals surface area contributed by atoms with Crippen LogP contribution in [0.1, 0.15) is 30.4 Å². The molecule has 144 valence electrons. The van der Waals surface area contributed by atoms with Gasteiger partial charge in [-0.3, -0.25) is 4.79 Å². The second-order valence-corrected chi connectivity index (χ2v) is 6.79. The van der Waals surface area contributed by atoms with Crippen molar-refractivity contribution in [3.05, 3.63) is 91.7 Å². The zero-order chi connectivity index (χ0) is 20.6. The maximum atomic E-state index is 11.6. The van der Waals surface area contributed by atoms with E-state index in [1.54, 1.807) is 24.3 Å². The quantitative estimate of drug-likeness (QED) is 0.339. The molecule has 1 N–H and O–H groups in total. The van der Waals surface area contributed by atoms with Gasteiger partial charge in [0.1, 0.15) is 0 Å². The van der Waals surface area contributed by atoms with E-state index < -0.39 is 11.9 Å². The summed E-state index contributed by atoms with van der Waals surface area (Å²) in [7, 11) is 0. The first kappa shape index (κ1) is 19.8. The molecule has 0 spiro atoms. The van der Waals surface area contributed by atoms with Gasteiger partial charge in [-0.05, 0) is 41.5 Å². The van der Waals surface area contributed by atoms with Gasteiger partial charge in [0.05, 0.1) is 5.92 Å². The minimum absolute atomic E-state index is 0.467. The molecule has 2 aromatic rings. The number of allylic oxidation sites excluding steroid dienone is 2. The predicted octanol–water partition coefficient (Wildman–Crippen LogP) is 6.92. The van der Waals surface area contributed by atoms with Crippen molar-refractivity contribution in [2.24, 2.45) is 16.1 Å². The monoisotopic (exact) mass is 386 g/mol.